The molecule has 3 saturated heterocycles. The molecule has 11 N–H and O–H groups in total. The molecule has 7 fully saturated rings. The van der Waals surface area contributed by atoms with E-state index in [1.54, 1.807) is 0 Å². The number of carbonyl (C=O) groups is 2. The van der Waals surface area contributed by atoms with Crippen LogP contribution in [-0.2, 0) is 38.0 Å². The summed E-state index contributed by atoms with van der Waals surface area (Å²) in [5.74, 6) is -2.46. The van der Waals surface area contributed by atoms with Crippen molar-refractivity contribution < 1.29 is 94.2 Å². The van der Waals surface area contributed by atoms with Crippen LogP contribution >= 0.6 is 0 Å². The third-order valence-corrected chi connectivity index (χ3v) is 18.9. The van der Waals surface area contributed by atoms with E-state index in [0.717, 1.165) is 18.4 Å². The van der Waals surface area contributed by atoms with Crippen molar-refractivity contribution in [1.29, 1.82) is 0 Å². The normalized spacial score (nSPS) is 53.2. The Morgan fingerprint density at radius 2 is 1.38 bits per heavy atom. The Bertz CT molecular complexity index is 1860. The minimum Gasteiger partial charge on any atom is -0.479 e. The SMILES string of the molecule is CC1(C)CC[C@@]2(C(=O)O[C@@H]3OC[C@H](O)[C@@H](O)[C@H]3O)[C@@H](O)C[C@@]3(C)C(=CC[C@H]4[C@@]5(C)CC[C@H](O[C@@H]6O[C@H](C(=O)O)[C@@H](O)[C@H](O[C@@H]7O[C@H](CO)[C@H](O)[C@@H](O)[C@H]7O)[C@H]6O)C(C)(C)[C@@H]5CC[C@@]43C)[C@@H]2C1. The average molecular weight is 943 g/mol. The van der Waals surface area contributed by atoms with E-state index in [1.165, 1.54) is 0 Å². The van der Waals surface area contributed by atoms with E-state index in [2.05, 4.69) is 54.5 Å². The zero-order valence-corrected chi connectivity index (χ0v) is 39.0. The van der Waals surface area contributed by atoms with Crippen LogP contribution in [0.25, 0.3) is 0 Å². The van der Waals surface area contributed by atoms with Crippen molar-refractivity contribution in [2.24, 2.45) is 50.2 Å². The van der Waals surface area contributed by atoms with E-state index in [1.807, 2.05) is 0 Å². The van der Waals surface area contributed by atoms with Gasteiger partial charge in [-0.25, -0.2) is 4.79 Å². The van der Waals surface area contributed by atoms with Gasteiger partial charge in [-0.05, 0) is 103 Å². The van der Waals surface area contributed by atoms with Gasteiger partial charge in [0.1, 0.15) is 66.5 Å². The molecule has 0 aromatic carbocycles. The van der Waals surface area contributed by atoms with Crippen molar-refractivity contribution in [3.63, 3.8) is 0 Å². The summed E-state index contributed by atoms with van der Waals surface area (Å²) in [6, 6.07) is 0. The highest BCUT2D eigenvalue weighted by atomic mass is 16.7. The second-order valence-electron chi connectivity index (χ2n) is 23.2. The zero-order chi connectivity index (χ0) is 48.4. The van der Waals surface area contributed by atoms with E-state index >= 15 is 0 Å². The molecule has 5 aliphatic carbocycles. The molecule has 23 atom stereocenters. The monoisotopic (exact) mass is 942 g/mol. The molecule has 0 radical (unpaired) electrons. The van der Waals surface area contributed by atoms with Crippen LogP contribution in [0.15, 0.2) is 11.6 Å². The third kappa shape index (κ3) is 7.64. The van der Waals surface area contributed by atoms with Crippen molar-refractivity contribution in [3.05, 3.63) is 11.6 Å². The lowest BCUT2D eigenvalue weighted by molar-refractivity contribution is -0.365. The molecule has 0 spiro atoms. The predicted octanol–water partition coefficient (Wildman–Crippen LogP) is -0.157. The smallest absolute Gasteiger partial charge is 0.335 e. The first-order valence-electron chi connectivity index (χ1n) is 23.8. The highest BCUT2D eigenvalue weighted by molar-refractivity contribution is 5.80. The number of aliphatic carboxylic acids is 1. The summed E-state index contributed by atoms with van der Waals surface area (Å²) in [6.45, 7) is 14.3. The minimum atomic E-state index is -1.98. The van der Waals surface area contributed by atoms with Crippen LogP contribution in [0.3, 0.4) is 0 Å². The van der Waals surface area contributed by atoms with E-state index in [0.29, 0.717) is 44.9 Å². The molecule has 8 aliphatic rings. The number of aliphatic hydroxyl groups excluding tert-OH is 10. The molecule has 19 nitrogen and oxygen atoms in total. The van der Waals surface area contributed by atoms with Crippen LogP contribution in [-0.4, -0.2) is 180 Å². The summed E-state index contributed by atoms with van der Waals surface area (Å²) in [4.78, 5) is 27.0. The van der Waals surface area contributed by atoms with Gasteiger partial charge in [0.2, 0.25) is 6.29 Å². The molecule has 3 heterocycles. The van der Waals surface area contributed by atoms with Gasteiger partial charge in [-0.3, -0.25) is 4.79 Å². The molecule has 0 aromatic heterocycles. The van der Waals surface area contributed by atoms with E-state index in [-0.39, 0.29) is 40.6 Å². The second-order valence-corrected chi connectivity index (χ2v) is 23.2. The maximum absolute atomic E-state index is 14.6. The number of carbonyl (C=O) groups excluding carboxylic acids is 1. The number of allylic oxidation sites excluding steroid dienone is 2. The Balaban J connectivity index is 1.04. The summed E-state index contributed by atoms with van der Waals surface area (Å²) >= 11 is 0. The first-order chi connectivity index (χ1) is 30.7. The molecule has 66 heavy (non-hydrogen) atoms. The Hall–Kier alpha value is -1.92. The largest absolute Gasteiger partial charge is 0.479 e. The lowest BCUT2D eigenvalue weighted by atomic mass is 9.33. The van der Waals surface area contributed by atoms with Gasteiger partial charge in [-0.15, -0.1) is 0 Å². The average Bonchev–Trinajstić information content (AvgIpc) is 3.24. The second kappa shape index (κ2) is 17.4. The van der Waals surface area contributed by atoms with Crippen LogP contribution in [0, 0.1) is 50.2 Å². The van der Waals surface area contributed by atoms with Crippen molar-refractivity contribution in [2.45, 2.75) is 204 Å². The Morgan fingerprint density at radius 1 is 0.712 bits per heavy atom. The van der Waals surface area contributed by atoms with Gasteiger partial charge in [0.15, 0.2) is 18.7 Å². The number of hydrogen-bond acceptors (Lipinski definition) is 18. The Labute approximate surface area is 385 Å². The van der Waals surface area contributed by atoms with Gasteiger partial charge in [-0.2, -0.15) is 0 Å². The van der Waals surface area contributed by atoms with Crippen LogP contribution in [0.2, 0.25) is 0 Å². The lowest BCUT2D eigenvalue weighted by Crippen LogP contribution is -2.68. The lowest BCUT2D eigenvalue weighted by Gasteiger charge is -2.71. The molecule has 0 unspecified atom stereocenters. The molecule has 3 aliphatic heterocycles. The molecular formula is C47H74O19. The Kier molecular flexibility index (Phi) is 13.3. The summed E-state index contributed by atoms with van der Waals surface area (Å²) < 4.78 is 34.9. The Morgan fingerprint density at radius 3 is 2.05 bits per heavy atom. The number of carboxylic acid groups (broad SMARTS) is 1. The molecule has 0 amide bonds. The number of hydrogen-bond donors (Lipinski definition) is 11. The standard InChI is InChI=1S/C47H74O19/c1-42(2)14-15-47(41(60)66-38-31(54)28(51)22(49)19-61-38)21(16-42)20-8-9-25-44(5)12-11-27(43(3,4)24(44)10-13-45(25,6)46(20,7)17-26(47)50)63-40-34(57)35(33(56)36(65-40)37(58)59)64-39-32(55)30(53)29(52)23(18-48)62-39/h8,21-36,38-40,48-57H,9-19H2,1-7H3,(H,58,59)/t21-,22-,23+,24-,25-,26-,27-,28+,29-,30+,31+,32+,33-,34+,35-,36-,38-,39-,40+,44-,45-,46-,47-/m0/s1. The van der Waals surface area contributed by atoms with Crippen molar-refractivity contribution in [2.75, 3.05) is 13.2 Å². The number of carboxylic acids is 1. The number of fused-ring (bicyclic) bond motifs is 7. The number of aliphatic hydroxyl groups is 10. The number of rotatable bonds is 8. The van der Waals surface area contributed by atoms with E-state index in [4.69, 9.17) is 28.4 Å². The fourth-order valence-electron chi connectivity index (χ4n) is 14.8. The van der Waals surface area contributed by atoms with Gasteiger partial charge in [0.05, 0.1) is 25.4 Å². The predicted molar refractivity (Wildman–Crippen MR) is 226 cm³/mol. The van der Waals surface area contributed by atoms with Gasteiger partial charge in [0, 0.05) is 0 Å². The molecule has 0 aromatic rings. The maximum atomic E-state index is 14.6. The summed E-state index contributed by atoms with van der Waals surface area (Å²) in [7, 11) is 0. The third-order valence-electron chi connectivity index (χ3n) is 18.9. The van der Waals surface area contributed by atoms with Gasteiger partial charge in [0.25, 0.3) is 0 Å². The van der Waals surface area contributed by atoms with Crippen molar-refractivity contribution >= 4 is 11.9 Å². The highest BCUT2D eigenvalue weighted by Gasteiger charge is 2.72. The van der Waals surface area contributed by atoms with Crippen molar-refractivity contribution in [1.82, 2.24) is 0 Å². The topological polar surface area (TPSA) is 312 Å². The van der Waals surface area contributed by atoms with Gasteiger partial charge < -0.3 is 84.6 Å². The summed E-state index contributed by atoms with van der Waals surface area (Å²) in [5.41, 5.74) is -2.09. The molecule has 8 rings (SSSR count). The molecule has 0 bridgehead atoms. The fraction of sp³-hybridized carbons (Fsp3) is 0.915. The fourth-order valence-corrected chi connectivity index (χ4v) is 14.8. The highest BCUT2D eigenvalue weighted by Crippen LogP contribution is 2.76. The first kappa shape index (κ1) is 50.5. The summed E-state index contributed by atoms with van der Waals surface area (Å²) in [6.07, 6.45) is -17.8. The van der Waals surface area contributed by atoms with E-state index < -0.39 is 133 Å². The van der Waals surface area contributed by atoms with Gasteiger partial charge in [-0.1, -0.05) is 60.1 Å². The number of esters is 1. The van der Waals surface area contributed by atoms with Crippen LogP contribution < -0.4 is 0 Å². The first-order valence-corrected chi connectivity index (χ1v) is 23.8. The number of ether oxygens (including phenoxy) is 6. The zero-order valence-electron chi connectivity index (χ0n) is 39.0. The van der Waals surface area contributed by atoms with Crippen LogP contribution in [0.5, 0.6) is 0 Å². The quantitative estimate of drug-likeness (QED) is 0.0856. The van der Waals surface area contributed by atoms with E-state index in [9.17, 15) is 65.8 Å². The van der Waals surface area contributed by atoms with Crippen molar-refractivity contribution in [3.8, 4) is 0 Å². The minimum absolute atomic E-state index is 0.0510. The van der Waals surface area contributed by atoms with Crippen LogP contribution in [0.1, 0.15) is 106 Å². The molecule has 19 heteroatoms. The molecule has 376 valence electrons. The molecule has 4 saturated carbocycles. The maximum Gasteiger partial charge on any atom is 0.335 e. The van der Waals surface area contributed by atoms with Crippen LogP contribution in [0.4, 0.5) is 0 Å². The van der Waals surface area contributed by atoms with Gasteiger partial charge >= 0.3 is 11.9 Å². The summed E-state index contributed by atoms with van der Waals surface area (Å²) in [5, 5.41) is 117. The molecular weight excluding hydrogens is 868 g/mol.